The van der Waals surface area contributed by atoms with E-state index in [1.54, 1.807) is 24.1 Å². The Bertz CT molecular complexity index is 660. The van der Waals surface area contributed by atoms with Crippen LogP contribution in [0.15, 0.2) is 29.2 Å². The van der Waals surface area contributed by atoms with Crippen LogP contribution in [0.2, 0.25) is 5.02 Å². The van der Waals surface area contributed by atoms with E-state index in [0.29, 0.717) is 31.3 Å². The maximum Gasteiger partial charge on any atom is 0.243 e. The van der Waals surface area contributed by atoms with E-state index in [0.717, 1.165) is 0 Å². The summed E-state index contributed by atoms with van der Waals surface area (Å²) in [5.41, 5.74) is 0. The molecule has 9 heteroatoms. The van der Waals surface area contributed by atoms with E-state index in [1.165, 1.54) is 16.4 Å². The minimum atomic E-state index is -3.58. The van der Waals surface area contributed by atoms with E-state index in [2.05, 4.69) is 5.32 Å². The first kappa shape index (κ1) is 19.1. The predicted octanol–water partition coefficient (Wildman–Crippen LogP) is 0.409. The summed E-state index contributed by atoms with van der Waals surface area (Å²) in [6.07, 6.45) is 0. The van der Waals surface area contributed by atoms with Gasteiger partial charge in [-0.2, -0.15) is 4.31 Å². The van der Waals surface area contributed by atoms with Gasteiger partial charge in [-0.1, -0.05) is 17.7 Å². The molecule has 0 spiro atoms. The van der Waals surface area contributed by atoms with Gasteiger partial charge >= 0.3 is 0 Å². The van der Waals surface area contributed by atoms with Gasteiger partial charge in [-0.3, -0.25) is 4.79 Å². The Kier molecular flexibility index (Phi) is 7.00. The molecule has 134 valence electrons. The second kappa shape index (κ2) is 8.77. The number of carbonyl (C=O) groups excluding carboxylic acids is 1. The quantitative estimate of drug-likeness (QED) is 0.698. The zero-order chi connectivity index (χ0) is 17.6. The van der Waals surface area contributed by atoms with Crippen molar-refractivity contribution in [2.24, 2.45) is 0 Å². The van der Waals surface area contributed by atoms with E-state index in [-0.39, 0.29) is 30.4 Å². The average Bonchev–Trinajstić information content (AvgIpc) is 2.58. The first-order chi connectivity index (χ1) is 11.4. The van der Waals surface area contributed by atoms with Crippen LogP contribution >= 0.6 is 11.6 Å². The summed E-state index contributed by atoms with van der Waals surface area (Å²) in [7, 11) is -1.98. The van der Waals surface area contributed by atoms with Gasteiger partial charge in [0.1, 0.15) is 0 Å². The van der Waals surface area contributed by atoms with Gasteiger partial charge in [-0.25, -0.2) is 8.42 Å². The van der Waals surface area contributed by atoms with Crippen LogP contribution in [-0.2, 0) is 19.6 Å². The first-order valence-corrected chi connectivity index (χ1v) is 9.50. The van der Waals surface area contributed by atoms with Gasteiger partial charge in [0.2, 0.25) is 15.9 Å². The molecule has 1 amide bonds. The topological polar surface area (TPSA) is 79.0 Å². The third kappa shape index (κ3) is 4.90. The predicted molar refractivity (Wildman–Crippen MR) is 91.5 cm³/mol. The van der Waals surface area contributed by atoms with Gasteiger partial charge in [-0.15, -0.1) is 0 Å². The fourth-order valence-corrected chi connectivity index (χ4v) is 4.16. The first-order valence-electron chi connectivity index (χ1n) is 7.68. The molecule has 0 atom stereocenters. The second-order valence-corrected chi connectivity index (χ2v) is 7.79. The maximum atomic E-state index is 12.6. The number of ether oxygens (including phenoxy) is 1. The van der Waals surface area contributed by atoms with Crippen molar-refractivity contribution in [2.75, 3.05) is 53.0 Å². The fraction of sp³-hybridized carbons (Fsp3) is 0.533. The van der Waals surface area contributed by atoms with Gasteiger partial charge in [0.05, 0.1) is 18.0 Å². The molecule has 1 aliphatic heterocycles. The zero-order valence-electron chi connectivity index (χ0n) is 13.6. The van der Waals surface area contributed by atoms with Gasteiger partial charge in [0, 0.05) is 44.9 Å². The van der Waals surface area contributed by atoms with Crippen molar-refractivity contribution in [1.82, 2.24) is 14.5 Å². The molecule has 1 fully saturated rings. The maximum absolute atomic E-state index is 12.6. The van der Waals surface area contributed by atoms with Gasteiger partial charge in [0.25, 0.3) is 0 Å². The lowest BCUT2D eigenvalue weighted by Crippen LogP contribution is -2.52. The lowest BCUT2D eigenvalue weighted by Gasteiger charge is -2.34. The summed E-state index contributed by atoms with van der Waals surface area (Å²) in [6, 6.07) is 6.21. The number of nitrogens with zero attached hydrogens (tertiary/aromatic N) is 2. The van der Waals surface area contributed by atoms with Gasteiger partial charge < -0.3 is 15.0 Å². The molecular weight excluding hydrogens is 354 g/mol. The zero-order valence-corrected chi connectivity index (χ0v) is 15.1. The van der Waals surface area contributed by atoms with Crippen molar-refractivity contribution >= 4 is 27.5 Å². The van der Waals surface area contributed by atoms with Crippen molar-refractivity contribution in [2.45, 2.75) is 4.90 Å². The smallest absolute Gasteiger partial charge is 0.243 e. The van der Waals surface area contributed by atoms with Crippen molar-refractivity contribution in [3.63, 3.8) is 0 Å². The number of hydrogen-bond donors (Lipinski definition) is 1. The Balaban J connectivity index is 1.89. The van der Waals surface area contributed by atoms with Crippen LogP contribution in [0.1, 0.15) is 0 Å². The fourth-order valence-electron chi connectivity index (χ4n) is 2.44. The summed E-state index contributed by atoms with van der Waals surface area (Å²) >= 11 is 5.87. The van der Waals surface area contributed by atoms with Gasteiger partial charge in [0.15, 0.2) is 0 Å². The number of piperazine rings is 1. The van der Waals surface area contributed by atoms with Crippen molar-refractivity contribution in [1.29, 1.82) is 0 Å². The van der Waals surface area contributed by atoms with Crippen LogP contribution < -0.4 is 5.32 Å². The van der Waals surface area contributed by atoms with Crippen LogP contribution in [0.3, 0.4) is 0 Å². The molecule has 0 aliphatic carbocycles. The number of rotatable bonds is 7. The van der Waals surface area contributed by atoms with Crippen LogP contribution in [0.5, 0.6) is 0 Å². The Morgan fingerprint density at radius 3 is 2.62 bits per heavy atom. The number of methoxy groups -OCH3 is 1. The molecule has 0 saturated carbocycles. The lowest BCUT2D eigenvalue weighted by atomic mass is 10.3. The van der Waals surface area contributed by atoms with E-state index in [4.69, 9.17) is 16.3 Å². The standard InChI is InChI=1S/C15H22ClN3O4S/c1-23-10-5-17-12-15(20)18-6-8-19(9-7-18)24(21,22)14-4-2-3-13(16)11-14/h2-4,11,17H,5-10,12H2,1H3. The van der Waals surface area contributed by atoms with Crippen molar-refractivity contribution < 1.29 is 17.9 Å². The molecular formula is C15H22ClN3O4S. The highest BCUT2D eigenvalue weighted by molar-refractivity contribution is 7.89. The summed E-state index contributed by atoms with van der Waals surface area (Å²) in [6.45, 7) is 2.68. The molecule has 1 saturated heterocycles. The summed E-state index contributed by atoms with van der Waals surface area (Å²) in [5.74, 6) is -0.0362. The molecule has 2 rings (SSSR count). The van der Waals surface area contributed by atoms with Gasteiger partial charge in [-0.05, 0) is 18.2 Å². The molecule has 7 nitrogen and oxygen atoms in total. The Morgan fingerprint density at radius 2 is 2.00 bits per heavy atom. The monoisotopic (exact) mass is 375 g/mol. The van der Waals surface area contributed by atoms with Crippen LogP contribution in [0.4, 0.5) is 0 Å². The van der Waals surface area contributed by atoms with Crippen molar-refractivity contribution in [3.8, 4) is 0 Å². The largest absolute Gasteiger partial charge is 0.383 e. The lowest BCUT2D eigenvalue weighted by molar-refractivity contribution is -0.131. The van der Waals surface area contributed by atoms with Crippen LogP contribution in [-0.4, -0.2) is 76.5 Å². The summed E-state index contributed by atoms with van der Waals surface area (Å²) in [5, 5.41) is 3.38. The minimum absolute atomic E-state index is 0.0362. The molecule has 1 aromatic carbocycles. The summed E-state index contributed by atoms with van der Waals surface area (Å²) < 4.78 is 31.5. The molecule has 1 N–H and O–H groups in total. The average molecular weight is 376 g/mol. The number of nitrogens with one attached hydrogen (secondary N) is 1. The highest BCUT2D eigenvalue weighted by Gasteiger charge is 2.29. The number of carbonyl (C=O) groups is 1. The SMILES string of the molecule is COCCNCC(=O)N1CCN(S(=O)(=O)c2cccc(Cl)c2)CC1. The number of sulfonamides is 1. The van der Waals surface area contributed by atoms with E-state index < -0.39 is 10.0 Å². The summed E-state index contributed by atoms with van der Waals surface area (Å²) in [4.78, 5) is 13.9. The molecule has 1 heterocycles. The molecule has 0 aromatic heterocycles. The number of hydrogen-bond acceptors (Lipinski definition) is 5. The molecule has 0 radical (unpaired) electrons. The highest BCUT2D eigenvalue weighted by Crippen LogP contribution is 2.20. The number of halogens is 1. The number of amides is 1. The molecule has 0 unspecified atom stereocenters. The van der Waals surface area contributed by atoms with E-state index >= 15 is 0 Å². The van der Waals surface area contributed by atoms with E-state index in [9.17, 15) is 13.2 Å². The third-order valence-electron chi connectivity index (χ3n) is 3.78. The Morgan fingerprint density at radius 1 is 1.29 bits per heavy atom. The normalized spacial score (nSPS) is 16.3. The number of benzene rings is 1. The minimum Gasteiger partial charge on any atom is -0.383 e. The highest BCUT2D eigenvalue weighted by atomic mass is 35.5. The second-order valence-electron chi connectivity index (χ2n) is 5.41. The van der Waals surface area contributed by atoms with Crippen LogP contribution in [0, 0.1) is 0 Å². The Labute approximate surface area is 147 Å². The Hall–Kier alpha value is -1.19. The molecule has 0 bridgehead atoms. The molecule has 1 aromatic rings. The van der Waals surface area contributed by atoms with Crippen LogP contribution in [0.25, 0.3) is 0 Å². The van der Waals surface area contributed by atoms with Crippen molar-refractivity contribution in [3.05, 3.63) is 29.3 Å². The molecule has 24 heavy (non-hydrogen) atoms. The molecule has 1 aliphatic rings. The third-order valence-corrected chi connectivity index (χ3v) is 5.91. The van der Waals surface area contributed by atoms with E-state index in [1.807, 2.05) is 0 Å².